The van der Waals surface area contributed by atoms with Crippen molar-refractivity contribution >= 4 is 23.2 Å². The lowest BCUT2D eigenvalue weighted by Gasteiger charge is -2.24. The van der Waals surface area contributed by atoms with E-state index in [9.17, 15) is 9.59 Å². The van der Waals surface area contributed by atoms with Crippen LogP contribution in [0.2, 0.25) is 0 Å². The number of hydrogen-bond donors (Lipinski definition) is 2. The van der Waals surface area contributed by atoms with Gasteiger partial charge >= 0.3 is 6.09 Å². The Kier molecular flexibility index (Phi) is 11.1. The van der Waals surface area contributed by atoms with Crippen LogP contribution in [0.25, 0.3) is 0 Å². The van der Waals surface area contributed by atoms with Crippen molar-refractivity contribution in [2.45, 2.75) is 64.6 Å². The number of carbonyl (C=O) groups excluding carboxylic acids is 2. The topological polar surface area (TPSA) is 94.3 Å². The van der Waals surface area contributed by atoms with Crippen molar-refractivity contribution in [1.82, 2.24) is 10.3 Å². The van der Waals surface area contributed by atoms with Gasteiger partial charge in [-0.25, -0.2) is 4.79 Å². The Labute approximate surface area is 218 Å². The summed E-state index contributed by atoms with van der Waals surface area (Å²) in [5.41, 5.74) is 10.2. The van der Waals surface area contributed by atoms with Crippen molar-refractivity contribution in [3.63, 3.8) is 0 Å². The first-order valence-electron chi connectivity index (χ1n) is 12.6. The molecule has 36 heavy (non-hydrogen) atoms. The number of amides is 1. The van der Waals surface area contributed by atoms with Gasteiger partial charge < -0.3 is 15.8 Å². The minimum absolute atomic E-state index is 0.0995. The Morgan fingerprint density at radius 3 is 2.19 bits per heavy atom. The van der Waals surface area contributed by atoms with E-state index in [1.165, 1.54) is 16.9 Å². The molecule has 0 aliphatic carbocycles. The molecule has 0 aliphatic heterocycles. The fourth-order valence-electron chi connectivity index (χ4n) is 4.24. The summed E-state index contributed by atoms with van der Waals surface area (Å²) in [6, 6.07) is 19.7. The molecule has 6 nitrogen and oxygen atoms in total. The van der Waals surface area contributed by atoms with Gasteiger partial charge in [-0.15, -0.1) is 11.3 Å². The number of benzene rings is 2. The molecular formula is C29H37N3O3S. The minimum Gasteiger partial charge on any atom is -0.444 e. The summed E-state index contributed by atoms with van der Waals surface area (Å²) in [5, 5.41) is 3.05. The molecule has 0 bridgehead atoms. The van der Waals surface area contributed by atoms with Crippen molar-refractivity contribution in [2.75, 3.05) is 0 Å². The van der Waals surface area contributed by atoms with Crippen molar-refractivity contribution in [3.05, 3.63) is 88.4 Å². The molecule has 1 amide bonds. The molecular weight excluding hydrogens is 470 g/mol. The highest BCUT2D eigenvalue weighted by atomic mass is 32.1. The van der Waals surface area contributed by atoms with Crippen LogP contribution in [-0.4, -0.2) is 28.9 Å². The Hall–Kier alpha value is -3.03. The van der Waals surface area contributed by atoms with Crippen molar-refractivity contribution in [2.24, 2.45) is 17.6 Å². The number of aromatic nitrogens is 1. The van der Waals surface area contributed by atoms with E-state index < -0.39 is 12.1 Å². The molecule has 3 aromatic rings. The van der Waals surface area contributed by atoms with E-state index in [2.05, 4.69) is 34.6 Å². The summed E-state index contributed by atoms with van der Waals surface area (Å²) in [5.74, 6) is 0.344. The molecule has 192 valence electrons. The standard InChI is InChI=1S/C29H37N3O3S/c1-21(2)28(30)27(33)17-24(15-22-9-5-3-6-10-22)13-14-25(16-23-11-7-4-8-12-23)32-29(34)35-19-26-18-31-20-36-26/h3-12,18,20-21,24-25,28H,13-17,19,30H2,1-2H3,(H,32,34)/t24-,25-,28+/m1/s1. The number of alkyl carbamates (subject to hydrolysis) is 1. The zero-order valence-electron chi connectivity index (χ0n) is 21.1. The number of ether oxygens (including phenoxy) is 1. The van der Waals surface area contributed by atoms with Crippen LogP contribution >= 0.6 is 11.3 Å². The third-order valence-corrected chi connectivity index (χ3v) is 7.10. The summed E-state index contributed by atoms with van der Waals surface area (Å²) in [7, 11) is 0. The second-order valence-corrected chi connectivity index (χ2v) is 10.6. The molecule has 2 aromatic carbocycles. The summed E-state index contributed by atoms with van der Waals surface area (Å²) in [6.45, 7) is 4.16. The Balaban J connectivity index is 1.66. The lowest BCUT2D eigenvalue weighted by molar-refractivity contribution is -0.122. The van der Waals surface area contributed by atoms with Crippen LogP contribution in [0.1, 0.15) is 49.1 Å². The predicted molar refractivity (Wildman–Crippen MR) is 145 cm³/mol. The maximum atomic E-state index is 12.9. The molecule has 3 rings (SSSR count). The molecule has 3 N–H and O–H groups in total. The Morgan fingerprint density at radius 1 is 0.972 bits per heavy atom. The first-order chi connectivity index (χ1) is 17.4. The van der Waals surface area contributed by atoms with E-state index in [-0.39, 0.29) is 30.3 Å². The van der Waals surface area contributed by atoms with Gasteiger partial charge in [-0.1, -0.05) is 74.5 Å². The van der Waals surface area contributed by atoms with Crippen molar-refractivity contribution < 1.29 is 14.3 Å². The molecule has 0 saturated carbocycles. The summed E-state index contributed by atoms with van der Waals surface area (Å²) >= 11 is 1.45. The molecule has 0 spiro atoms. The average molecular weight is 508 g/mol. The van der Waals surface area contributed by atoms with Crippen LogP contribution < -0.4 is 11.1 Å². The van der Waals surface area contributed by atoms with Crippen molar-refractivity contribution in [3.8, 4) is 0 Å². The maximum absolute atomic E-state index is 12.9. The van der Waals surface area contributed by atoms with Crippen LogP contribution in [-0.2, 0) is 29.0 Å². The number of nitrogens with one attached hydrogen (secondary N) is 1. The van der Waals surface area contributed by atoms with Crippen LogP contribution in [0, 0.1) is 11.8 Å². The smallest absolute Gasteiger partial charge is 0.407 e. The number of rotatable bonds is 14. The fourth-order valence-corrected chi connectivity index (χ4v) is 4.74. The van der Waals surface area contributed by atoms with Crippen LogP contribution in [0.5, 0.6) is 0 Å². The van der Waals surface area contributed by atoms with Gasteiger partial charge in [-0.05, 0) is 48.6 Å². The zero-order chi connectivity index (χ0) is 25.8. The number of thiazole rings is 1. The quantitative estimate of drug-likeness (QED) is 0.298. The highest BCUT2D eigenvalue weighted by Gasteiger charge is 2.24. The van der Waals surface area contributed by atoms with Gasteiger partial charge in [0.05, 0.1) is 16.4 Å². The first-order valence-corrected chi connectivity index (χ1v) is 13.5. The minimum atomic E-state index is -0.455. The number of nitrogens with two attached hydrogens (primary N) is 1. The van der Waals surface area contributed by atoms with E-state index in [1.54, 1.807) is 11.7 Å². The summed E-state index contributed by atoms with van der Waals surface area (Å²) < 4.78 is 5.43. The van der Waals surface area contributed by atoms with E-state index >= 15 is 0 Å². The number of Topliss-reactive ketones (excluding diaryl/α,β-unsaturated/α-hetero) is 1. The van der Waals surface area contributed by atoms with Crippen LogP contribution in [0.3, 0.4) is 0 Å². The van der Waals surface area contributed by atoms with E-state index in [0.717, 1.165) is 29.7 Å². The Morgan fingerprint density at radius 2 is 1.61 bits per heavy atom. The van der Waals surface area contributed by atoms with E-state index in [0.29, 0.717) is 12.8 Å². The van der Waals surface area contributed by atoms with Gasteiger partial charge in [0.15, 0.2) is 0 Å². The average Bonchev–Trinajstić information content (AvgIpc) is 3.40. The Bertz CT molecular complexity index is 1040. The highest BCUT2D eigenvalue weighted by molar-refractivity contribution is 7.09. The second kappa shape index (κ2) is 14.5. The van der Waals surface area contributed by atoms with E-state index in [1.807, 2.05) is 50.2 Å². The molecule has 0 radical (unpaired) electrons. The molecule has 1 aromatic heterocycles. The lowest BCUT2D eigenvalue weighted by Crippen LogP contribution is -2.38. The van der Waals surface area contributed by atoms with Gasteiger partial charge in [-0.3, -0.25) is 9.78 Å². The zero-order valence-corrected chi connectivity index (χ0v) is 22.0. The normalized spacial score (nSPS) is 13.7. The third-order valence-electron chi connectivity index (χ3n) is 6.35. The molecule has 1 heterocycles. The molecule has 0 fully saturated rings. The number of nitrogens with zero attached hydrogens (tertiary/aromatic N) is 1. The molecule has 0 unspecified atom stereocenters. The first kappa shape index (κ1) is 27.6. The van der Waals surface area contributed by atoms with Gasteiger partial charge in [0, 0.05) is 18.7 Å². The second-order valence-electron chi connectivity index (χ2n) is 9.65. The monoisotopic (exact) mass is 507 g/mol. The molecule has 0 saturated heterocycles. The van der Waals surface area contributed by atoms with Gasteiger partial charge in [0.2, 0.25) is 0 Å². The van der Waals surface area contributed by atoms with E-state index in [4.69, 9.17) is 10.5 Å². The van der Waals surface area contributed by atoms with Gasteiger partial charge in [-0.2, -0.15) is 0 Å². The number of hydrogen-bond acceptors (Lipinski definition) is 6. The predicted octanol–water partition coefficient (Wildman–Crippen LogP) is 5.56. The third kappa shape index (κ3) is 9.55. The molecule has 0 aliphatic rings. The maximum Gasteiger partial charge on any atom is 0.407 e. The summed E-state index contributed by atoms with van der Waals surface area (Å²) in [6.07, 6.45) is 4.69. The van der Waals surface area contributed by atoms with Crippen LogP contribution in [0.15, 0.2) is 72.4 Å². The van der Waals surface area contributed by atoms with Gasteiger partial charge in [0.1, 0.15) is 12.4 Å². The molecule has 3 atom stereocenters. The molecule has 7 heteroatoms. The van der Waals surface area contributed by atoms with Gasteiger partial charge in [0.25, 0.3) is 0 Å². The highest BCUT2D eigenvalue weighted by Crippen LogP contribution is 2.22. The number of carbonyl (C=O) groups is 2. The number of ketones is 1. The lowest BCUT2D eigenvalue weighted by atomic mass is 9.85. The van der Waals surface area contributed by atoms with Crippen LogP contribution in [0.4, 0.5) is 4.79 Å². The fraction of sp³-hybridized carbons (Fsp3) is 0.414. The SMILES string of the molecule is CC(C)[C@H](N)C(=O)C[C@H](CC[C@H](Cc1ccccc1)NC(=O)OCc1cncs1)Cc1ccccc1. The van der Waals surface area contributed by atoms with Crippen molar-refractivity contribution in [1.29, 1.82) is 0 Å². The largest absolute Gasteiger partial charge is 0.444 e. The summed E-state index contributed by atoms with van der Waals surface area (Å²) in [4.78, 5) is 30.4.